The van der Waals surface area contributed by atoms with Gasteiger partial charge in [-0.25, -0.2) is 0 Å². The fourth-order valence-corrected chi connectivity index (χ4v) is 3.13. The van der Waals surface area contributed by atoms with E-state index < -0.39 is 0 Å². The minimum atomic E-state index is -0.0599. The van der Waals surface area contributed by atoms with E-state index in [4.69, 9.17) is 4.74 Å². The molecule has 0 saturated carbocycles. The van der Waals surface area contributed by atoms with Crippen molar-refractivity contribution < 1.29 is 9.53 Å². The number of nitrogens with zero attached hydrogens (tertiary/aromatic N) is 1. The van der Waals surface area contributed by atoms with Gasteiger partial charge in [0.05, 0.1) is 24.5 Å². The van der Waals surface area contributed by atoms with Gasteiger partial charge in [-0.2, -0.15) is 0 Å². The van der Waals surface area contributed by atoms with Crippen LogP contribution in [0.1, 0.15) is 12.1 Å². The van der Waals surface area contributed by atoms with E-state index in [9.17, 15) is 4.79 Å². The second kappa shape index (κ2) is 6.88. The summed E-state index contributed by atoms with van der Waals surface area (Å²) in [7, 11) is 1.59. The number of carbonyl (C=O) groups excluding carboxylic acids is 1. The van der Waals surface area contributed by atoms with Crippen molar-refractivity contribution in [1.82, 2.24) is 9.97 Å². The molecule has 5 nitrogen and oxygen atoms in total. The van der Waals surface area contributed by atoms with Gasteiger partial charge in [0.2, 0.25) is 5.91 Å². The normalized spacial score (nSPS) is 11.0. The molecule has 0 radical (unpaired) electrons. The summed E-state index contributed by atoms with van der Waals surface area (Å²) in [4.78, 5) is 20.1. The quantitative estimate of drug-likeness (QED) is 0.567. The Balaban J connectivity index is 1.49. The minimum absolute atomic E-state index is 0.0599. The number of hydrogen-bond donors (Lipinski definition) is 2. The predicted molar refractivity (Wildman–Crippen MR) is 104 cm³/mol. The van der Waals surface area contributed by atoms with Gasteiger partial charge in [-0.3, -0.25) is 9.78 Å². The number of pyridine rings is 1. The fraction of sp³-hybridized carbons (Fsp3) is 0.143. The van der Waals surface area contributed by atoms with Crippen LogP contribution in [0.2, 0.25) is 0 Å². The van der Waals surface area contributed by atoms with Crippen LogP contribution < -0.4 is 10.1 Å². The first-order chi connectivity index (χ1) is 12.7. The number of benzene rings is 2. The number of aryl methyl sites for hydroxylation is 1. The average Bonchev–Trinajstić information content (AvgIpc) is 3.05. The molecule has 0 aliphatic rings. The first kappa shape index (κ1) is 16.1. The summed E-state index contributed by atoms with van der Waals surface area (Å²) < 4.78 is 5.26. The molecule has 0 aliphatic carbocycles. The maximum Gasteiger partial charge on any atom is 0.224 e. The number of anilines is 1. The standard InChI is InChI=1S/C21H19N3O2/c1-26-20-9-5-4-8-18(20)24-21(25)11-10-14-12-16-15-6-2-3-7-17(15)23-19(16)13-22-14/h2-9,12-13,23H,10-11H2,1H3,(H,24,25). The van der Waals surface area contributed by atoms with Crippen LogP contribution in [0.25, 0.3) is 21.8 Å². The number of carbonyl (C=O) groups is 1. The van der Waals surface area contributed by atoms with Crippen molar-refractivity contribution in [1.29, 1.82) is 0 Å². The summed E-state index contributed by atoms with van der Waals surface area (Å²) in [6.45, 7) is 0. The molecule has 2 N–H and O–H groups in total. The predicted octanol–water partition coefficient (Wildman–Crippen LogP) is 4.30. The molecule has 0 atom stereocenters. The van der Waals surface area contributed by atoms with Crippen molar-refractivity contribution in [3.8, 4) is 5.75 Å². The summed E-state index contributed by atoms with van der Waals surface area (Å²) in [6, 6.07) is 17.6. The Hall–Kier alpha value is -3.34. The topological polar surface area (TPSA) is 67.0 Å². The van der Waals surface area contributed by atoms with Gasteiger partial charge in [0.15, 0.2) is 0 Å². The van der Waals surface area contributed by atoms with E-state index in [2.05, 4.69) is 33.5 Å². The summed E-state index contributed by atoms with van der Waals surface area (Å²) in [5, 5.41) is 5.20. The molecule has 1 amide bonds. The molecular formula is C21H19N3O2. The third-order valence-electron chi connectivity index (χ3n) is 4.44. The van der Waals surface area contributed by atoms with Gasteiger partial charge in [-0.15, -0.1) is 0 Å². The maximum atomic E-state index is 12.3. The third-order valence-corrected chi connectivity index (χ3v) is 4.44. The highest BCUT2D eigenvalue weighted by molar-refractivity contribution is 6.07. The van der Waals surface area contributed by atoms with Gasteiger partial charge in [0.1, 0.15) is 5.75 Å². The second-order valence-electron chi connectivity index (χ2n) is 6.14. The molecule has 2 heterocycles. The van der Waals surface area contributed by atoms with E-state index in [1.807, 2.05) is 42.6 Å². The first-order valence-corrected chi connectivity index (χ1v) is 8.53. The Morgan fingerprint density at radius 1 is 1.08 bits per heavy atom. The molecule has 130 valence electrons. The molecular weight excluding hydrogens is 326 g/mol. The van der Waals surface area contributed by atoms with E-state index in [1.54, 1.807) is 7.11 Å². The number of ether oxygens (including phenoxy) is 1. The zero-order chi connectivity index (χ0) is 17.9. The number of fused-ring (bicyclic) bond motifs is 3. The van der Waals surface area contributed by atoms with Gasteiger partial charge in [-0.1, -0.05) is 30.3 Å². The van der Waals surface area contributed by atoms with Crippen LogP contribution in [-0.4, -0.2) is 23.0 Å². The van der Waals surface area contributed by atoms with E-state index >= 15 is 0 Å². The zero-order valence-electron chi connectivity index (χ0n) is 14.5. The molecule has 5 heteroatoms. The summed E-state index contributed by atoms with van der Waals surface area (Å²) in [6.07, 6.45) is 2.78. The highest BCUT2D eigenvalue weighted by Gasteiger charge is 2.09. The molecule has 0 bridgehead atoms. The maximum absolute atomic E-state index is 12.3. The molecule has 2 aromatic carbocycles. The number of nitrogens with one attached hydrogen (secondary N) is 2. The number of H-pyrrole nitrogens is 1. The van der Waals surface area contributed by atoms with Crippen LogP contribution in [0.15, 0.2) is 60.8 Å². The Morgan fingerprint density at radius 2 is 1.88 bits per heavy atom. The highest BCUT2D eigenvalue weighted by Crippen LogP contribution is 2.26. The summed E-state index contributed by atoms with van der Waals surface area (Å²) in [5.74, 6) is 0.592. The fourth-order valence-electron chi connectivity index (χ4n) is 3.13. The lowest BCUT2D eigenvalue weighted by Crippen LogP contribution is -2.13. The number of aromatic nitrogens is 2. The number of para-hydroxylation sites is 3. The van der Waals surface area contributed by atoms with Gasteiger partial charge >= 0.3 is 0 Å². The second-order valence-corrected chi connectivity index (χ2v) is 6.14. The molecule has 0 spiro atoms. The average molecular weight is 345 g/mol. The molecule has 4 aromatic rings. The first-order valence-electron chi connectivity index (χ1n) is 8.53. The smallest absolute Gasteiger partial charge is 0.224 e. The van der Waals surface area contributed by atoms with Crippen molar-refractivity contribution in [2.24, 2.45) is 0 Å². The SMILES string of the molecule is COc1ccccc1NC(=O)CCc1cc2c(cn1)[nH]c1ccccc12. The van der Waals surface area contributed by atoms with Crippen molar-refractivity contribution >= 4 is 33.4 Å². The van der Waals surface area contributed by atoms with E-state index in [0.717, 1.165) is 22.1 Å². The highest BCUT2D eigenvalue weighted by atomic mass is 16.5. The molecule has 0 fully saturated rings. The molecule has 0 aliphatic heterocycles. The number of hydrogen-bond acceptors (Lipinski definition) is 3. The number of methoxy groups -OCH3 is 1. The van der Waals surface area contributed by atoms with E-state index in [-0.39, 0.29) is 5.91 Å². The van der Waals surface area contributed by atoms with Crippen LogP contribution in [0.4, 0.5) is 5.69 Å². The number of aromatic amines is 1. The van der Waals surface area contributed by atoms with Crippen LogP contribution in [0.3, 0.4) is 0 Å². The number of rotatable bonds is 5. The Labute approximate surface area is 151 Å². The van der Waals surface area contributed by atoms with Crippen molar-refractivity contribution in [3.05, 3.63) is 66.5 Å². The van der Waals surface area contributed by atoms with Crippen LogP contribution in [0.5, 0.6) is 5.75 Å². The molecule has 0 saturated heterocycles. The van der Waals surface area contributed by atoms with E-state index in [0.29, 0.717) is 24.3 Å². The van der Waals surface area contributed by atoms with Crippen molar-refractivity contribution in [2.45, 2.75) is 12.8 Å². The largest absolute Gasteiger partial charge is 0.495 e. The van der Waals surface area contributed by atoms with E-state index in [1.165, 1.54) is 5.39 Å². The van der Waals surface area contributed by atoms with Gasteiger partial charge in [0, 0.05) is 28.4 Å². The Kier molecular flexibility index (Phi) is 4.27. The lowest BCUT2D eigenvalue weighted by molar-refractivity contribution is -0.116. The number of amides is 1. The third kappa shape index (κ3) is 3.11. The van der Waals surface area contributed by atoms with Gasteiger partial charge in [0.25, 0.3) is 0 Å². The van der Waals surface area contributed by atoms with Gasteiger partial charge < -0.3 is 15.0 Å². The zero-order valence-corrected chi connectivity index (χ0v) is 14.5. The van der Waals surface area contributed by atoms with Gasteiger partial charge in [-0.05, 0) is 30.7 Å². The molecule has 0 unspecified atom stereocenters. The Morgan fingerprint density at radius 3 is 2.77 bits per heavy atom. The minimum Gasteiger partial charge on any atom is -0.495 e. The van der Waals surface area contributed by atoms with Crippen LogP contribution >= 0.6 is 0 Å². The molecule has 4 rings (SSSR count). The van der Waals surface area contributed by atoms with Crippen LogP contribution in [-0.2, 0) is 11.2 Å². The van der Waals surface area contributed by atoms with Crippen LogP contribution in [0, 0.1) is 0 Å². The molecule has 26 heavy (non-hydrogen) atoms. The summed E-state index contributed by atoms with van der Waals surface area (Å²) >= 11 is 0. The lowest BCUT2D eigenvalue weighted by atomic mass is 10.1. The van der Waals surface area contributed by atoms with Crippen molar-refractivity contribution in [3.63, 3.8) is 0 Å². The summed E-state index contributed by atoms with van der Waals surface area (Å²) in [5.41, 5.74) is 3.68. The monoisotopic (exact) mass is 345 g/mol. The molecule has 2 aromatic heterocycles. The lowest BCUT2D eigenvalue weighted by Gasteiger charge is -2.09. The Bertz CT molecular complexity index is 1080. The van der Waals surface area contributed by atoms with Crippen molar-refractivity contribution in [2.75, 3.05) is 12.4 Å².